The first kappa shape index (κ1) is 28.4. The summed E-state index contributed by atoms with van der Waals surface area (Å²) in [6.45, 7) is 11.1. The van der Waals surface area contributed by atoms with E-state index in [9.17, 15) is 8.42 Å². The van der Waals surface area contributed by atoms with Crippen LogP contribution in [0.5, 0.6) is 0 Å². The highest BCUT2D eigenvalue weighted by molar-refractivity contribution is 7.92. The van der Waals surface area contributed by atoms with Gasteiger partial charge in [0.25, 0.3) is 10.0 Å². The number of fused-ring (bicyclic) bond motifs is 1. The van der Waals surface area contributed by atoms with E-state index in [1.165, 1.54) is 0 Å². The predicted octanol–water partition coefficient (Wildman–Crippen LogP) is 6.94. The minimum Gasteiger partial charge on any atom is -0.319 e. The summed E-state index contributed by atoms with van der Waals surface area (Å²) in [4.78, 5) is 0.436. The Bertz CT molecular complexity index is 1320. The number of para-hydroxylation sites is 1. The lowest BCUT2D eigenvalue weighted by molar-refractivity contribution is 0.583. The molecule has 0 saturated heterocycles. The molecule has 2 aromatic carbocycles. The molecule has 0 saturated carbocycles. The van der Waals surface area contributed by atoms with Gasteiger partial charge in [0.2, 0.25) is 0 Å². The number of benzene rings is 2. The molecule has 37 heavy (non-hydrogen) atoms. The molecule has 0 fully saturated rings. The van der Waals surface area contributed by atoms with E-state index < -0.39 is 10.0 Å². The molecule has 0 radical (unpaired) electrons. The number of hydrogen-bond acceptors (Lipinski definition) is 3. The van der Waals surface area contributed by atoms with Crippen molar-refractivity contribution in [1.82, 2.24) is 5.32 Å². The van der Waals surface area contributed by atoms with Gasteiger partial charge in [-0.3, -0.25) is 4.31 Å². The van der Waals surface area contributed by atoms with Gasteiger partial charge in [-0.05, 0) is 80.0 Å². The van der Waals surface area contributed by atoms with E-state index >= 15 is 0 Å². The lowest BCUT2D eigenvalue weighted by Crippen LogP contribution is -2.36. The van der Waals surface area contributed by atoms with Crippen molar-refractivity contribution in [2.45, 2.75) is 50.8 Å². The van der Waals surface area contributed by atoms with Gasteiger partial charge in [0.1, 0.15) is 0 Å². The van der Waals surface area contributed by atoms with Crippen LogP contribution in [0.4, 0.5) is 5.69 Å². The van der Waals surface area contributed by atoms with Gasteiger partial charge in [-0.1, -0.05) is 92.4 Å². The Morgan fingerprint density at radius 3 is 2.54 bits per heavy atom. The minimum absolute atomic E-state index is 0.305. The molecule has 0 aromatic heterocycles. The normalized spacial score (nSPS) is 19.6. The van der Waals surface area contributed by atoms with Gasteiger partial charge in [0.05, 0.1) is 10.6 Å². The maximum atomic E-state index is 13.7. The zero-order valence-electron chi connectivity index (χ0n) is 22.6. The van der Waals surface area contributed by atoms with E-state index in [2.05, 4.69) is 24.9 Å². The zero-order valence-corrected chi connectivity index (χ0v) is 23.4. The molecule has 0 spiro atoms. The second kappa shape index (κ2) is 13.4. The summed E-state index contributed by atoms with van der Waals surface area (Å²) in [7, 11) is -1.66. The predicted molar refractivity (Wildman–Crippen MR) is 158 cm³/mol. The molecule has 2 aliphatic rings. The summed E-state index contributed by atoms with van der Waals surface area (Å²) < 4.78 is 28.9. The third kappa shape index (κ3) is 7.00. The molecule has 5 heteroatoms. The van der Waals surface area contributed by atoms with E-state index in [4.69, 9.17) is 0 Å². The van der Waals surface area contributed by atoms with Crippen molar-refractivity contribution in [2.75, 3.05) is 24.4 Å². The van der Waals surface area contributed by atoms with Gasteiger partial charge in [0.15, 0.2) is 0 Å². The van der Waals surface area contributed by atoms with Crippen LogP contribution in [0.15, 0.2) is 102 Å². The Labute approximate surface area is 223 Å². The molecule has 0 amide bonds. The maximum Gasteiger partial charge on any atom is 0.264 e. The van der Waals surface area contributed by atoms with E-state index in [1.807, 2.05) is 99.8 Å². The summed E-state index contributed by atoms with van der Waals surface area (Å²) in [5, 5.41) is 3.21. The number of allylic oxidation sites excluding steroid dienone is 9. The number of nitrogens with one attached hydrogen (secondary N) is 1. The number of rotatable bonds is 7. The third-order valence-electron chi connectivity index (χ3n) is 6.83. The minimum atomic E-state index is -3.59. The summed E-state index contributed by atoms with van der Waals surface area (Å²) >= 11 is 0. The second-order valence-electron chi connectivity index (χ2n) is 9.45. The van der Waals surface area contributed by atoms with Gasteiger partial charge < -0.3 is 5.32 Å². The number of anilines is 1. The van der Waals surface area contributed by atoms with E-state index in [-0.39, 0.29) is 0 Å². The monoisotopic (exact) mass is 516 g/mol. The standard InChI is InChI=1S/C22H30N2O2S.C10H10/c1-5-18(15-23-4)20-12-11-16(2)21(14-20)27(25,26)24-13-7-10-19-9-6-8-17(3)22(19)24;1-2-10-8-6-4-3-5-7-9-10/h6,8-9,11-12,14,18,23H,5,7,10,13,15H2,1-4H3;2-9H,1H2/b;4-3-,5-3?,6-4?,7-5-,8-6-,9-7?,10-8?,10-9-. The largest absolute Gasteiger partial charge is 0.319 e. The molecule has 4 nitrogen and oxygen atoms in total. The first-order chi connectivity index (χ1) is 17.8. The zero-order chi connectivity index (χ0) is 26.8. The van der Waals surface area contributed by atoms with Crippen molar-refractivity contribution >= 4 is 15.7 Å². The Hall–Kier alpha value is -3.15. The summed E-state index contributed by atoms with van der Waals surface area (Å²) in [6, 6.07) is 12.0. The number of nitrogens with zero attached hydrogens (tertiary/aromatic N) is 1. The fourth-order valence-electron chi connectivity index (χ4n) is 4.77. The quantitative estimate of drug-likeness (QED) is 0.434. The van der Waals surface area contributed by atoms with Gasteiger partial charge in [-0.25, -0.2) is 8.42 Å². The van der Waals surface area contributed by atoms with Crippen molar-refractivity contribution in [2.24, 2.45) is 0 Å². The first-order valence-corrected chi connectivity index (χ1v) is 14.5. The van der Waals surface area contributed by atoms with E-state index in [0.29, 0.717) is 17.4 Å². The van der Waals surface area contributed by atoms with Gasteiger partial charge in [-0.15, -0.1) is 0 Å². The van der Waals surface area contributed by atoms with Crippen LogP contribution in [0.1, 0.15) is 47.9 Å². The van der Waals surface area contributed by atoms with Crippen LogP contribution in [0.3, 0.4) is 0 Å². The molecular weight excluding hydrogens is 476 g/mol. The Morgan fingerprint density at radius 2 is 1.81 bits per heavy atom. The molecule has 4 rings (SSSR count). The van der Waals surface area contributed by atoms with Gasteiger partial charge in [0, 0.05) is 13.1 Å². The number of aryl methyl sites for hydroxylation is 3. The van der Waals surface area contributed by atoms with Crippen LogP contribution in [-0.2, 0) is 16.4 Å². The van der Waals surface area contributed by atoms with E-state index in [0.717, 1.165) is 59.3 Å². The van der Waals surface area contributed by atoms with Crippen LogP contribution < -0.4 is 9.62 Å². The number of sulfonamides is 1. The average Bonchev–Trinajstić information content (AvgIpc) is 2.88. The topological polar surface area (TPSA) is 49.4 Å². The van der Waals surface area contributed by atoms with Crippen LogP contribution in [-0.4, -0.2) is 28.6 Å². The van der Waals surface area contributed by atoms with Crippen molar-refractivity contribution in [3.05, 3.63) is 119 Å². The summed E-state index contributed by atoms with van der Waals surface area (Å²) in [6.07, 6.45) is 18.6. The van der Waals surface area contributed by atoms with Crippen molar-refractivity contribution in [3.63, 3.8) is 0 Å². The molecule has 1 atom stereocenters. The van der Waals surface area contributed by atoms with Crippen LogP contribution in [0.25, 0.3) is 0 Å². The number of hydrogen-bond donors (Lipinski definition) is 1. The Morgan fingerprint density at radius 1 is 1.05 bits per heavy atom. The summed E-state index contributed by atoms with van der Waals surface area (Å²) in [5.41, 5.74) is 6.04. The molecule has 1 aliphatic carbocycles. The van der Waals surface area contributed by atoms with E-state index in [1.54, 1.807) is 4.31 Å². The van der Waals surface area contributed by atoms with Crippen molar-refractivity contribution < 1.29 is 8.42 Å². The summed E-state index contributed by atoms with van der Waals surface area (Å²) in [5.74, 6) is 0.305. The van der Waals surface area contributed by atoms with Crippen LogP contribution >= 0.6 is 0 Å². The van der Waals surface area contributed by atoms with Gasteiger partial charge >= 0.3 is 0 Å². The van der Waals surface area contributed by atoms with Crippen molar-refractivity contribution in [1.29, 1.82) is 0 Å². The smallest absolute Gasteiger partial charge is 0.264 e. The Balaban J connectivity index is 0.000000319. The first-order valence-electron chi connectivity index (χ1n) is 13.0. The fourth-order valence-corrected chi connectivity index (χ4v) is 6.64. The highest BCUT2D eigenvalue weighted by atomic mass is 32.2. The fraction of sp³-hybridized carbons (Fsp3) is 0.312. The molecule has 1 aliphatic heterocycles. The van der Waals surface area contributed by atoms with Crippen molar-refractivity contribution in [3.8, 4) is 0 Å². The highest BCUT2D eigenvalue weighted by Gasteiger charge is 2.31. The second-order valence-corrected chi connectivity index (χ2v) is 11.3. The lowest BCUT2D eigenvalue weighted by Gasteiger charge is -2.32. The molecule has 1 heterocycles. The molecule has 0 bridgehead atoms. The molecule has 196 valence electrons. The number of likely N-dealkylation sites (N-methyl/N-ethyl adjacent to an activating group) is 1. The van der Waals surface area contributed by atoms with Crippen LogP contribution in [0, 0.1) is 13.8 Å². The maximum absolute atomic E-state index is 13.7. The average molecular weight is 517 g/mol. The SMILES string of the molecule is C=CC1=C/C=C\C=C/C=C\1.CCC(CNC)c1ccc(C)c(S(=O)(=O)N2CCCc3cccc(C)c32)c1. The molecular formula is C32H40N2O2S. The third-order valence-corrected chi connectivity index (χ3v) is 8.77. The highest BCUT2D eigenvalue weighted by Crippen LogP contribution is 2.36. The molecule has 2 aromatic rings. The van der Waals surface area contributed by atoms with Gasteiger partial charge in [-0.2, -0.15) is 0 Å². The lowest BCUT2D eigenvalue weighted by atomic mass is 9.95. The molecule has 1 N–H and O–H groups in total. The van der Waals surface area contributed by atoms with Crippen LogP contribution in [0.2, 0.25) is 0 Å². The Kier molecular flexibility index (Phi) is 10.3. The molecule has 1 unspecified atom stereocenters.